The summed E-state index contributed by atoms with van der Waals surface area (Å²) >= 11 is 0. The Morgan fingerprint density at radius 3 is 1.65 bits per heavy atom. The van der Waals surface area contributed by atoms with E-state index < -0.39 is 15.9 Å². The molecular formula is C30H38N2O4S. The Hall–Kier alpha value is -3.26. The number of carbonyl (C=O) groups is 1. The minimum absolute atomic E-state index is 0.0503. The van der Waals surface area contributed by atoms with Gasteiger partial charge in [0.2, 0.25) is 5.91 Å². The maximum atomic E-state index is 11.7. The summed E-state index contributed by atoms with van der Waals surface area (Å²) in [4.78, 5) is 11.7. The molecule has 3 aromatic rings. The van der Waals surface area contributed by atoms with Gasteiger partial charge in [0.05, 0.1) is 29.0 Å². The summed E-state index contributed by atoms with van der Waals surface area (Å²) in [5.41, 5.74) is 3.81. The first-order valence-corrected chi connectivity index (χ1v) is 14.0. The van der Waals surface area contributed by atoms with Gasteiger partial charge >= 0.3 is 0 Å². The summed E-state index contributed by atoms with van der Waals surface area (Å²) in [7, 11) is -4.13. The maximum absolute atomic E-state index is 11.7. The van der Waals surface area contributed by atoms with E-state index in [9.17, 15) is 17.8 Å². The van der Waals surface area contributed by atoms with Gasteiger partial charge in [-0.2, -0.15) is 0 Å². The standard InChI is InChI=1S/C23H30N2O.C7H8O3S/c1-4-25(18-21-12-7-5-8-13-21,19-22-14-9-6-10-15-22)17-11-16-24-23(26)20(2)3;8-11(9,10)6-7-4-2-1-3-5-7/h5-10,12-15H,2,4,11,16-19H2,1,3H3;1-5H,6H2,(H,8,9,10). The topological polar surface area (TPSA) is 86.3 Å². The van der Waals surface area contributed by atoms with Crippen LogP contribution in [0.1, 0.15) is 37.0 Å². The summed E-state index contributed by atoms with van der Waals surface area (Å²) in [5, 5.41) is 2.96. The van der Waals surface area contributed by atoms with Gasteiger partial charge < -0.3 is 14.4 Å². The number of quaternary nitrogens is 1. The van der Waals surface area contributed by atoms with Gasteiger partial charge in [0.15, 0.2) is 0 Å². The number of hydrogen-bond acceptors (Lipinski definition) is 4. The lowest BCUT2D eigenvalue weighted by molar-refractivity contribution is -0.952. The van der Waals surface area contributed by atoms with Gasteiger partial charge in [-0.1, -0.05) is 97.6 Å². The lowest BCUT2D eigenvalue weighted by atomic mass is 10.1. The van der Waals surface area contributed by atoms with Crippen LogP contribution in [0.25, 0.3) is 0 Å². The molecule has 0 radical (unpaired) electrons. The first-order chi connectivity index (χ1) is 17.6. The quantitative estimate of drug-likeness (QED) is 0.156. The smallest absolute Gasteiger partial charge is 0.246 e. The van der Waals surface area contributed by atoms with Gasteiger partial charge in [-0.25, -0.2) is 8.42 Å². The number of nitrogens with zero attached hydrogens (tertiary/aromatic N) is 1. The van der Waals surface area contributed by atoms with Crippen molar-refractivity contribution in [3.05, 3.63) is 120 Å². The van der Waals surface area contributed by atoms with Crippen molar-refractivity contribution in [2.75, 3.05) is 19.6 Å². The molecule has 7 heteroatoms. The van der Waals surface area contributed by atoms with Crippen LogP contribution in [-0.4, -0.2) is 43.0 Å². The average Bonchev–Trinajstić information content (AvgIpc) is 2.87. The van der Waals surface area contributed by atoms with Gasteiger partial charge in [-0.3, -0.25) is 4.79 Å². The number of nitrogens with one attached hydrogen (secondary N) is 1. The van der Waals surface area contributed by atoms with Crippen molar-refractivity contribution >= 4 is 16.0 Å². The number of benzene rings is 3. The fraction of sp³-hybridized carbons (Fsp3) is 0.300. The highest BCUT2D eigenvalue weighted by atomic mass is 32.2. The summed E-state index contributed by atoms with van der Waals surface area (Å²) in [6.07, 6.45) is 0.951. The molecule has 0 aliphatic carbocycles. The summed E-state index contributed by atoms with van der Waals surface area (Å²) in [6, 6.07) is 29.7. The molecule has 6 nitrogen and oxygen atoms in total. The van der Waals surface area contributed by atoms with Gasteiger partial charge in [0.1, 0.15) is 13.1 Å². The van der Waals surface area contributed by atoms with Gasteiger partial charge in [0.25, 0.3) is 0 Å². The lowest BCUT2D eigenvalue weighted by Gasteiger charge is -2.38. The van der Waals surface area contributed by atoms with Crippen LogP contribution in [0.4, 0.5) is 0 Å². The molecular weight excluding hydrogens is 484 g/mol. The third kappa shape index (κ3) is 12.0. The van der Waals surface area contributed by atoms with Crippen molar-refractivity contribution in [3.63, 3.8) is 0 Å². The Morgan fingerprint density at radius 1 is 0.838 bits per heavy atom. The van der Waals surface area contributed by atoms with Crippen LogP contribution in [0.15, 0.2) is 103 Å². The Morgan fingerprint density at radius 2 is 1.27 bits per heavy atom. The predicted octanol–water partition coefficient (Wildman–Crippen LogP) is 5.04. The number of rotatable bonds is 12. The van der Waals surface area contributed by atoms with Crippen LogP contribution in [-0.2, 0) is 33.8 Å². The molecule has 0 fully saturated rings. The molecule has 0 spiro atoms. The van der Waals surface area contributed by atoms with Crippen LogP contribution in [0.2, 0.25) is 0 Å². The Bertz CT molecular complexity index is 1160. The van der Waals surface area contributed by atoms with Crippen molar-refractivity contribution < 1.29 is 22.2 Å². The normalized spacial score (nSPS) is 11.2. The fourth-order valence-corrected chi connectivity index (χ4v) is 4.68. The third-order valence-electron chi connectivity index (χ3n) is 6.06. The summed E-state index contributed by atoms with van der Waals surface area (Å²) in [5.74, 6) is -0.473. The second-order valence-electron chi connectivity index (χ2n) is 9.25. The van der Waals surface area contributed by atoms with E-state index in [4.69, 9.17) is 0 Å². The molecule has 3 rings (SSSR count). The molecule has 0 aliphatic heterocycles. The van der Waals surface area contributed by atoms with Crippen LogP contribution in [0.3, 0.4) is 0 Å². The molecule has 1 amide bonds. The van der Waals surface area contributed by atoms with E-state index in [0.717, 1.165) is 37.1 Å². The molecule has 3 aromatic carbocycles. The highest BCUT2D eigenvalue weighted by Gasteiger charge is 2.26. The van der Waals surface area contributed by atoms with E-state index in [1.807, 2.05) is 0 Å². The zero-order valence-corrected chi connectivity index (χ0v) is 22.6. The Balaban J connectivity index is 0.000000364. The molecule has 37 heavy (non-hydrogen) atoms. The van der Waals surface area contributed by atoms with Gasteiger partial charge in [0, 0.05) is 29.7 Å². The average molecular weight is 523 g/mol. The second-order valence-corrected chi connectivity index (χ2v) is 10.7. The highest BCUT2D eigenvalue weighted by Crippen LogP contribution is 2.20. The molecule has 0 saturated heterocycles. The molecule has 0 bridgehead atoms. The van der Waals surface area contributed by atoms with Crippen molar-refractivity contribution in [3.8, 4) is 0 Å². The largest absolute Gasteiger partial charge is 0.748 e. The summed E-state index contributed by atoms with van der Waals surface area (Å²) < 4.78 is 31.7. The second kappa shape index (κ2) is 15.1. The van der Waals surface area contributed by atoms with E-state index in [2.05, 4.69) is 79.5 Å². The van der Waals surface area contributed by atoms with Crippen LogP contribution >= 0.6 is 0 Å². The highest BCUT2D eigenvalue weighted by molar-refractivity contribution is 7.84. The van der Waals surface area contributed by atoms with E-state index >= 15 is 0 Å². The SMILES string of the molecule is C=C(C)C(=O)NCCC[N+](CC)(Cc1ccccc1)Cc1ccccc1.O=S(=O)([O-])Cc1ccccc1. The molecule has 0 atom stereocenters. The molecule has 0 saturated carbocycles. The minimum atomic E-state index is -4.13. The molecule has 0 aromatic heterocycles. The van der Waals surface area contributed by atoms with E-state index in [-0.39, 0.29) is 5.91 Å². The lowest BCUT2D eigenvalue weighted by Crippen LogP contribution is -2.47. The number of amides is 1. The van der Waals surface area contributed by atoms with E-state index in [1.54, 1.807) is 37.3 Å². The zero-order chi connectivity index (χ0) is 27.2. The molecule has 0 aliphatic rings. The number of carbonyl (C=O) groups excluding carboxylic acids is 1. The fourth-order valence-electron chi connectivity index (χ4n) is 4.08. The summed E-state index contributed by atoms with van der Waals surface area (Å²) in [6.45, 7) is 12.5. The zero-order valence-electron chi connectivity index (χ0n) is 21.8. The van der Waals surface area contributed by atoms with Gasteiger partial charge in [-0.15, -0.1) is 0 Å². The number of hydrogen-bond donors (Lipinski definition) is 1. The third-order valence-corrected chi connectivity index (χ3v) is 6.75. The molecule has 0 heterocycles. The molecule has 1 N–H and O–H groups in total. The van der Waals surface area contributed by atoms with Crippen molar-refractivity contribution in [1.82, 2.24) is 5.32 Å². The predicted molar refractivity (Wildman–Crippen MR) is 148 cm³/mol. The van der Waals surface area contributed by atoms with Gasteiger partial charge in [-0.05, 0) is 19.4 Å². The van der Waals surface area contributed by atoms with Crippen molar-refractivity contribution in [1.29, 1.82) is 0 Å². The monoisotopic (exact) mass is 522 g/mol. The minimum Gasteiger partial charge on any atom is -0.748 e. The van der Waals surface area contributed by atoms with Crippen LogP contribution in [0.5, 0.6) is 0 Å². The molecule has 0 unspecified atom stereocenters. The maximum Gasteiger partial charge on any atom is 0.246 e. The van der Waals surface area contributed by atoms with Crippen molar-refractivity contribution in [2.45, 2.75) is 39.1 Å². The first kappa shape index (κ1) is 30.0. The first-order valence-electron chi connectivity index (χ1n) is 12.5. The van der Waals surface area contributed by atoms with E-state index in [0.29, 0.717) is 17.7 Å². The van der Waals surface area contributed by atoms with E-state index in [1.165, 1.54) is 11.1 Å². The Labute approximate surface area is 222 Å². The van der Waals surface area contributed by atoms with Crippen LogP contribution in [0, 0.1) is 0 Å². The van der Waals surface area contributed by atoms with Crippen LogP contribution < -0.4 is 5.32 Å². The molecule has 198 valence electrons. The van der Waals surface area contributed by atoms with Crippen molar-refractivity contribution in [2.24, 2.45) is 0 Å². The Kier molecular flexibility index (Phi) is 12.2.